The largest absolute Gasteiger partial charge is 0.192 e. The quantitative estimate of drug-likeness (QED) is 0.529. The molecule has 1 aromatic rings. The molecule has 0 saturated carbocycles. The number of aryl methyl sites for hydroxylation is 1. The Morgan fingerprint density at radius 3 is 2.24 bits per heavy atom. The second-order valence-corrected chi connectivity index (χ2v) is 5.51. The van der Waals surface area contributed by atoms with E-state index in [4.69, 9.17) is 16.9 Å². The molecule has 0 N–H and O–H groups in total. The summed E-state index contributed by atoms with van der Waals surface area (Å²) in [5.74, 6) is 0.955. The van der Waals surface area contributed by atoms with E-state index in [0.29, 0.717) is 10.6 Å². The van der Waals surface area contributed by atoms with E-state index in [2.05, 4.69) is 20.8 Å². The van der Waals surface area contributed by atoms with Gasteiger partial charge in [0.05, 0.1) is 10.6 Å². The van der Waals surface area contributed by atoms with Gasteiger partial charge in [0.1, 0.15) is 6.07 Å². The Hall–Kier alpha value is -1.00. The van der Waals surface area contributed by atoms with Gasteiger partial charge in [-0.2, -0.15) is 5.26 Å². The number of unbranched alkanes of at least 4 members (excludes halogenated alkanes) is 2. The third kappa shape index (κ3) is 12.5. The SMILES string of the molecule is CC.CCCCCC(C)CC.Cc1ccc(C#N)c(Cl)c1. The van der Waals surface area contributed by atoms with Crippen molar-refractivity contribution < 1.29 is 0 Å². The molecule has 0 aromatic heterocycles. The van der Waals surface area contributed by atoms with Crippen LogP contribution in [0.1, 0.15) is 77.8 Å². The molecular weight excluding hydrogens is 278 g/mol. The summed E-state index contributed by atoms with van der Waals surface area (Å²) >= 11 is 5.71. The number of hydrogen-bond donors (Lipinski definition) is 0. The average Bonchev–Trinajstić information content (AvgIpc) is 2.50. The van der Waals surface area contributed by atoms with Gasteiger partial charge in [0.2, 0.25) is 0 Å². The van der Waals surface area contributed by atoms with Crippen LogP contribution in [0.25, 0.3) is 0 Å². The topological polar surface area (TPSA) is 23.8 Å². The molecule has 0 radical (unpaired) electrons. The highest BCUT2D eigenvalue weighted by Crippen LogP contribution is 2.15. The number of nitriles is 1. The Kier molecular flexibility index (Phi) is 16.3. The van der Waals surface area contributed by atoms with Crippen LogP contribution in [0, 0.1) is 24.2 Å². The summed E-state index contributed by atoms with van der Waals surface area (Å²) < 4.78 is 0. The molecule has 0 heterocycles. The van der Waals surface area contributed by atoms with Crippen LogP contribution in [0.2, 0.25) is 5.02 Å². The average molecular weight is 310 g/mol. The van der Waals surface area contributed by atoms with Crippen LogP contribution in [-0.4, -0.2) is 0 Å². The van der Waals surface area contributed by atoms with E-state index in [1.165, 1.54) is 32.1 Å². The second-order valence-electron chi connectivity index (χ2n) is 5.10. The van der Waals surface area contributed by atoms with Crippen molar-refractivity contribution in [3.05, 3.63) is 34.3 Å². The molecule has 0 aliphatic rings. The maximum Gasteiger partial charge on any atom is 0.101 e. The van der Waals surface area contributed by atoms with Gasteiger partial charge in [-0.05, 0) is 30.5 Å². The lowest BCUT2D eigenvalue weighted by atomic mass is 10.0. The first-order chi connectivity index (χ1) is 10.0. The molecule has 1 unspecified atom stereocenters. The highest BCUT2D eigenvalue weighted by Gasteiger charge is 1.96. The van der Waals surface area contributed by atoms with Crippen molar-refractivity contribution >= 4 is 11.6 Å². The number of benzene rings is 1. The monoisotopic (exact) mass is 309 g/mol. The number of rotatable bonds is 5. The van der Waals surface area contributed by atoms with Gasteiger partial charge in [-0.25, -0.2) is 0 Å². The lowest BCUT2D eigenvalue weighted by molar-refractivity contribution is 0.482. The fraction of sp³-hybridized carbons (Fsp3) is 0.632. The van der Waals surface area contributed by atoms with Gasteiger partial charge in [-0.15, -0.1) is 0 Å². The minimum atomic E-state index is 0.530. The van der Waals surface area contributed by atoms with Crippen LogP contribution >= 0.6 is 11.6 Å². The van der Waals surface area contributed by atoms with Crippen LogP contribution in [0.3, 0.4) is 0 Å². The van der Waals surface area contributed by atoms with E-state index in [1.807, 2.05) is 32.9 Å². The molecule has 0 bridgehead atoms. The van der Waals surface area contributed by atoms with Crippen LogP contribution in [0.15, 0.2) is 18.2 Å². The van der Waals surface area contributed by atoms with Gasteiger partial charge in [0.15, 0.2) is 0 Å². The van der Waals surface area contributed by atoms with Gasteiger partial charge in [0, 0.05) is 0 Å². The molecule has 0 aliphatic carbocycles. The standard InChI is InChI=1S/C9H20.C8H6ClN.C2H6/c1-4-6-7-8-9(3)5-2;1-6-2-3-7(5-10)8(9)4-6;1-2/h9H,4-8H2,1-3H3;2-4H,1H3;1-2H3. The van der Waals surface area contributed by atoms with E-state index < -0.39 is 0 Å². The van der Waals surface area contributed by atoms with Crippen LogP contribution < -0.4 is 0 Å². The Morgan fingerprint density at radius 2 is 1.81 bits per heavy atom. The van der Waals surface area contributed by atoms with Crippen molar-refractivity contribution in [3.8, 4) is 6.07 Å². The minimum absolute atomic E-state index is 0.530. The lowest BCUT2D eigenvalue weighted by Crippen LogP contribution is -1.90. The van der Waals surface area contributed by atoms with Gasteiger partial charge >= 0.3 is 0 Å². The van der Waals surface area contributed by atoms with Crippen LogP contribution in [0.5, 0.6) is 0 Å². The summed E-state index contributed by atoms with van der Waals surface area (Å²) in [5.41, 5.74) is 1.61. The molecule has 2 heteroatoms. The highest BCUT2D eigenvalue weighted by molar-refractivity contribution is 6.31. The normalized spacial score (nSPS) is 10.4. The summed E-state index contributed by atoms with van der Waals surface area (Å²) in [6.07, 6.45) is 7.00. The van der Waals surface area contributed by atoms with Crippen molar-refractivity contribution in [1.29, 1.82) is 5.26 Å². The first kappa shape index (κ1) is 22.3. The maximum atomic E-state index is 8.47. The molecular formula is C19H32ClN. The number of nitrogens with zero attached hydrogens (tertiary/aromatic N) is 1. The van der Waals surface area contributed by atoms with E-state index in [0.717, 1.165) is 11.5 Å². The first-order valence-electron chi connectivity index (χ1n) is 8.21. The molecule has 0 spiro atoms. The molecule has 0 saturated heterocycles. The van der Waals surface area contributed by atoms with E-state index in [-0.39, 0.29) is 0 Å². The maximum absolute atomic E-state index is 8.47. The van der Waals surface area contributed by atoms with Crippen molar-refractivity contribution in [1.82, 2.24) is 0 Å². The smallest absolute Gasteiger partial charge is 0.101 e. The fourth-order valence-corrected chi connectivity index (χ4v) is 1.94. The first-order valence-corrected chi connectivity index (χ1v) is 8.59. The molecule has 0 aliphatic heterocycles. The third-order valence-electron chi connectivity index (χ3n) is 3.24. The third-order valence-corrected chi connectivity index (χ3v) is 3.56. The van der Waals surface area contributed by atoms with Crippen LogP contribution in [-0.2, 0) is 0 Å². The molecule has 1 rings (SSSR count). The summed E-state index contributed by atoms with van der Waals surface area (Å²) in [6, 6.07) is 7.35. The van der Waals surface area contributed by atoms with Crippen molar-refractivity contribution in [3.63, 3.8) is 0 Å². The molecule has 1 atom stereocenters. The summed E-state index contributed by atoms with van der Waals surface area (Å²) in [6.45, 7) is 12.8. The van der Waals surface area contributed by atoms with Gasteiger partial charge < -0.3 is 0 Å². The number of halogens is 1. The predicted molar refractivity (Wildman–Crippen MR) is 95.8 cm³/mol. The summed E-state index contributed by atoms with van der Waals surface area (Å²) in [5, 5.41) is 9.00. The molecule has 120 valence electrons. The zero-order valence-electron chi connectivity index (χ0n) is 14.7. The van der Waals surface area contributed by atoms with Crippen molar-refractivity contribution in [2.75, 3.05) is 0 Å². The zero-order chi connectivity index (χ0) is 16.7. The van der Waals surface area contributed by atoms with Crippen molar-refractivity contribution in [2.45, 2.75) is 73.6 Å². The molecule has 0 fully saturated rings. The molecule has 1 aromatic carbocycles. The molecule has 1 nitrogen and oxygen atoms in total. The molecule has 0 amide bonds. The van der Waals surface area contributed by atoms with E-state index in [9.17, 15) is 0 Å². The Bertz CT molecular complexity index is 393. The van der Waals surface area contributed by atoms with Gasteiger partial charge in [0.25, 0.3) is 0 Å². The van der Waals surface area contributed by atoms with Gasteiger partial charge in [-0.3, -0.25) is 0 Å². The number of hydrogen-bond acceptors (Lipinski definition) is 1. The minimum Gasteiger partial charge on any atom is -0.192 e. The predicted octanol–water partition coefficient (Wildman–Crippen LogP) is 7.16. The Morgan fingerprint density at radius 1 is 1.19 bits per heavy atom. The second kappa shape index (κ2) is 15.4. The summed E-state index contributed by atoms with van der Waals surface area (Å²) in [7, 11) is 0. The zero-order valence-corrected chi connectivity index (χ0v) is 15.4. The van der Waals surface area contributed by atoms with E-state index in [1.54, 1.807) is 12.1 Å². The fourth-order valence-electron chi connectivity index (χ4n) is 1.66. The molecule has 21 heavy (non-hydrogen) atoms. The Labute approximate surface area is 137 Å². The Balaban J connectivity index is 0. The van der Waals surface area contributed by atoms with Crippen LogP contribution in [0.4, 0.5) is 0 Å². The van der Waals surface area contributed by atoms with Gasteiger partial charge in [-0.1, -0.05) is 84.4 Å². The highest BCUT2D eigenvalue weighted by atomic mass is 35.5. The lowest BCUT2D eigenvalue weighted by Gasteiger charge is -2.05. The van der Waals surface area contributed by atoms with E-state index >= 15 is 0 Å². The van der Waals surface area contributed by atoms with Crippen molar-refractivity contribution in [2.24, 2.45) is 5.92 Å². The summed E-state index contributed by atoms with van der Waals surface area (Å²) in [4.78, 5) is 0.